The van der Waals surface area contributed by atoms with Gasteiger partial charge in [0.05, 0.1) is 11.0 Å². The number of fused-ring (bicyclic) bond motifs is 1. The molecule has 2 atom stereocenters. The van der Waals surface area contributed by atoms with Crippen LogP contribution >= 0.6 is 0 Å². The predicted molar refractivity (Wildman–Crippen MR) is 92.4 cm³/mol. The summed E-state index contributed by atoms with van der Waals surface area (Å²) in [6, 6.07) is 7.32. The number of carbonyl (C=O) groups excluding carboxylic acids is 1. The maximum absolute atomic E-state index is 12.5. The number of nitrogens with zero attached hydrogens (tertiary/aromatic N) is 2. The van der Waals surface area contributed by atoms with Crippen LogP contribution in [0.4, 0.5) is 0 Å². The molecule has 1 aliphatic rings. The maximum Gasteiger partial charge on any atom is 0.240 e. The summed E-state index contributed by atoms with van der Waals surface area (Å²) in [6.07, 6.45) is 5.55. The quantitative estimate of drug-likeness (QED) is 0.917. The average molecular weight is 349 g/mol. The highest BCUT2D eigenvalue weighted by atomic mass is 32.2. The minimum atomic E-state index is -3.51. The smallest absolute Gasteiger partial charge is 0.240 e. The number of benzene rings is 1. The van der Waals surface area contributed by atoms with Crippen molar-refractivity contribution in [3.63, 3.8) is 0 Å². The highest BCUT2D eigenvalue weighted by Gasteiger charge is 2.25. The zero-order chi connectivity index (χ0) is 17.3. The summed E-state index contributed by atoms with van der Waals surface area (Å²) in [6.45, 7) is 2.12. The number of hydrogen-bond acceptors (Lipinski definition) is 4. The van der Waals surface area contributed by atoms with Crippen molar-refractivity contribution < 1.29 is 13.2 Å². The molecule has 1 aliphatic carbocycles. The molecule has 3 rings (SSSR count). The van der Waals surface area contributed by atoms with Crippen LogP contribution in [0.5, 0.6) is 0 Å². The molecule has 7 heteroatoms. The molecule has 0 bridgehead atoms. The lowest BCUT2D eigenvalue weighted by Crippen LogP contribution is -2.42. The van der Waals surface area contributed by atoms with Crippen molar-refractivity contribution in [3.8, 4) is 0 Å². The Hall–Kier alpha value is -1.89. The number of para-hydroxylation sites is 2. The van der Waals surface area contributed by atoms with Crippen LogP contribution in [0.15, 0.2) is 29.4 Å². The summed E-state index contributed by atoms with van der Waals surface area (Å²) in [4.78, 5) is 16.7. The fourth-order valence-electron chi connectivity index (χ4n) is 3.42. The van der Waals surface area contributed by atoms with E-state index in [2.05, 4.69) is 17.2 Å². The van der Waals surface area contributed by atoms with Gasteiger partial charge in [-0.15, -0.1) is 0 Å². The molecule has 0 unspecified atom stereocenters. The standard InChI is InChI=1S/C17H23N3O3S/c1-12-7-3-4-8-13(12)18-16(21)11-20-15-10-6-5-9-14(15)19-17(20)24(2,22)23/h5-6,9-10,12-13H,3-4,7-8,11H2,1-2H3,(H,18,21)/t12-,13+/m0/s1. The van der Waals surface area contributed by atoms with Crippen molar-refractivity contribution in [2.45, 2.75) is 50.4 Å². The third kappa shape index (κ3) is 3.45. The van der Waals surface area contributed by atoms with E-state index in [4.69, 9.17) is 0 Å². The zero-order valence-electron chi connectivity index (χ0n) is 14.0. The molecule has 1 fully saturated rings. The predicted octanol–water partition coefficient (Wildman–Crippen LogP) is 2.13. The van der Waals surface area contributed by atoms with Crippen LogP contribution in [0.3, 0.4) is 0 Å². The number of sulfone groups is 1. The van der Waals surface area contributed by atoms with Crippen LogP contribution in [0, 0.1) is 5.92 Å². The fraction of sp³-hybridized carbons (Fsp3) is 0.529. The Morgan fingerprint density at radius 1 is 1.29 bits per heavy atom. The molecule has 1 aromatic heterocycles. The molecule has 1 heterocycles. The number of carbonyl (C=O) groups is 1. The lowest BCUT2D eigenvalue weighted by molar-refractivity contribution is -0.123. The van der Waals surface area contributed by atoms with E-state index in [1.165, 1.54) is 11.0 Å². The maximum atomic E-state index is 12.5. The van der Waals surface area contributed by atoms with Crippen molar-refractivity contribution in [3.05, 3.63) is 24.3 Å². The lowest BCUT2D eigenvalue weighted by Gasteiger charge is -2.29. The summed E-state index contributed by atoms with van der Waals surface area (Å²) in [5, 5.41) is 3.01. The first kappa shape index (κ1) is 17.0. The van der Waals surface area contributed by atoms with Crippen LogP contribution in [0.1, 0.15) is 32.6 Å². The molecule has 0 spiro atoms. The van der Waals surface area contributed by atoms with Gasteiger partial charge in [-0.1, -0.05) is 31.9 Å². The number of hydrogen-bond donors (Lipinski definition) is 1. The van der Waals surface area contributed by atoms with Gasteiger partial charge in [0.1, 0.15) is 6.54 Å². The Bertz CT molecular complexity index is 857. The van der Waals surface area contributed by atoms with Crippen molar-refractivity contribution in [1.82, 2.24) is 14.9 Å². The van der Waals surface area contributed by atoms with Gasteiger partial charge in [-0.25, -0.2) is 13.4 Å². The molecule has 0 aliphatic heterocycles. The minimum Gasteiger partial charge on any atom is -0.352 e. The highest BCUT2D eigenvalue weighted by molar-refractivity contribution is 7.90. The number of imidazole rings is 1. The summed E-state index contributed by atoms with van der Waals surface area (Å²) in [7, 11) is -3.51. The molecule has 1 aromatic carbocycles. The van der Waals surface area contributed by atoms with Crippen LogP contribution < -0.4 is 5.32 Å². The number of nitrogens with one attached hydrogen (secondary N) is 1. The first-order valence-electron chi connectivity index (χ1n) is 8.31. The van der Waals surface area contributed by atoms with Crippen LogP contribution in [-0.4, -0.2) is 36.2 Å². The Morgan fingerprint density at radius 2 is 2.00 bits per heavy atom. The zero-order valence-corrected chi connectivity index (χ0v) is 14.8. The van der Waals surface area contributed by atoms with Crippen molar-refractivity contribution >= 4 is 26.8 Å². The van der Waals surface area contributed by atoms with E-state index < -0.39 is 9.84 Å². The summed E-state index contributed by atoms with van der Waals surface area (Å²) in [5.74, 6) is 0.290. The Balaban J connectivity index is 1.87. The van der Waals surface area contributed by atoms with Gasteiger partial charge >= 0.3 is 0 Å². The summed E-state index contributed by atoms with van der Waals surface area (Å²) >= 11 is 0. The van der Waals surface area contributed by atoms with E-state index in [0.29, 0.717) is 17.0 Å². The van der Waals surface area contributed by atoms with Gasteiger partial charge in [0.15, 0.2) is 0 Å². The number of aromatic nitrogens is 2. The van der Waals surface area contributed by atoms with Gasteiger partial charge in [0.25, 0.3) is 0 Å². The minimum absolute atomic E-state index is 0.0356. The summed E-state index contributed by atoms with van der Waals surface area (Å²) < 4.78 is 25.6. The molecule has 6 nitrogen and oxygen atoms in total. The molecule has 1 N–H and O–H groups in total. The largest absolute Gasteiger partial charge is 0.352 e. The van der Waals surface area contributed by atoms with E-state index in [1.54, 1.807) is 18.2 Å². The van der Waals surface area contributed by atoms with E-state index in [9.17, 15) is 13.2 Å². The molecular formula is C17H23N3O3S. The normalized spacial score (nSPS) is 21.8. The first-order chi connectivity index (χ1) is 11.4. The molecular weight excluding hydrogens is 326 g/mol. The number of amides is 1. The van der Waals surface area contributed by atoms with Crippen LogP contribution in [-0.2, 0) is 21.2 Å². The summed E-state index contributed by atoms with van der Waals surface area (Å²) in [5.41, 5.74) is 1.24. The molecule has 130 valence electrons. The highest BCUT2D eigenvalue weighted by Crippen LogP contribution is 2.24. The van der Waals surface area contributed by atoms with Crippen LogP contribution in [0.25, 0.3) is 11.0 Å². The van der Waals surface area contributed by atoms with Gasteiger partial charge in [-0.05, 0) is 30.9 Å². The SMILES string of the molecule is C[C@H]1CCCC[C@H]1NC(=O)Cn1c(S(C)(=O)=O)nc2ccccc21. The van der Waals surface area contributed by atoms with Gasteiger partial charge < -0.3 is 9.88 Å². The average Bonchev–Trinajstić information content (AvgIpc) is 2.89. The Kier molecular flexibility index (Phi) is 4.62. The van der Waals surface area contributed by atoms with Crippen molar-refractivity contribution in [1.29, 1.82) is 0 Å². The Morgan fingerprint density at radius 3 is 2.71 bits per heavy atom. The van der Waals surface area contributed by atoms with E-state index in [0.717, 1.165) is 25.5 Å². The van der Waals surface area contributed by atoms with E-state index >= 15 is 0 Å². The first-order valence-corrected chi connectivity index (χ1v) is 10.2. The second-order valence-electron chi connectivity index (χ2n) is 6.68. The lowest BCUT2D eigenvalue weighted by atomic mass is 9.86. The van der Waals surface area contributed by atoms with E-state index in [-0.39, 0.29) is 23.7 Å². The monoisotopic (exact) mass is 349 g/mol. The van der Waals surface area contributed by atoms with Gasteiger partial charge in [0, 0.05) is 12.3 Å². The Labute approximate surface area is 142 Å². The topological polar surface area (TPSA) is 81.1 Å². The van der Waals surface area contributed by atoms with Gasteiger partial charge in [-0.2, -0.15) is 0 Å². The van der Waals surface area contributed by atoms with Gasteiger partial charge in [0.2, 0.25) is 20.9 Å². The molecule has 24 heavy (non-hydrogen) atoms. The second kappa shape index (κ2) is 6.55. The molecule has 1 saturated carbocycles. The van der Waals surface area contributed by atoms with Crippen molar-refractivity contribution in [2.24, 2.45) is 5.92 Å². The third-order valence-corrected chi connectivity index (χ3v) is 5.69. The third-order valence-electron chi connectivity index (χ3n) is 4.71. The van der Waals surface area contributed by atoms with Crippen LogP contribution in [0.2, 0.25) is 0 Å². The second-order valence-corrected chi connectivity index (χ2v) is 8.59. The van der Waals surface area contributed by atoms with E-state index in [1.807, 2.05) is 6.07 Å². The molecule has 0 radical (unpaired) electrons. The molecule has 1 amide bonds. The number of rotatable bonds is 4. The fourth-order valence-corrected chi connectivity index (χ4v) is 4.24. The molecule has 0 saturated heterocycles. The van der Waals surface area contributed by atoms with Gasteiger partial charge in [-0.3, -0.25) is 4.79 Å². The van der Waals surface area contributed by atoms with Crippen molar-refractivity contribution in [2.75, 3.05) is 6.26 Å². The molecule has 2 aromatic rings.